The van der Waals surface area contributed by atoms with Crippen molar-refractivity contribution < 1.29 is 0 Å². The summed E-state index contributed by atoms with van der Waals surface area (Å²) in [6, 6.07) is 68.2. The number of thiophene rings is 1. The monoisotopic (exact) mass is 732 g/mol. The van der Waals surface area contributed by atoms with Gasteiger partial charge in [-0.1, -0.05) is 158 Å². The molecule has 0 saturated carbocycles. The van der Waals surface area contributed by atoms with Crippen molar-refractivity contribution in [1.82, 2.24) is 19.5 Å². The Hall–Kier alpha value is -7.21. The maximum Gasteiger partial charge on any atom is 0.160 e. The van der Waals surface area contributed by atoms with Gasteiger partial charge in [-0.15, -0.1) is 11.3 Å². The van der Waals surface area contributed by atoms with E-state index in [1.807, 2.05) is 35.6 Å². The van der Waals surface area contributed by atoms with E-state index in [4.69, 9.17) is 15.0 Å². The van der Waals surface area contributed by atoms with Gasteiger partial charge in [-0.25, -0.2) is 15.0 Å². The summed E-state index contributed by atoms with van der Waals surface area (Å²) in [4.78, 5) is 15.5. The molecule has 56 heavy (non-hydrogen) atoms. The Bertz CT molecular complexity index is 3180. The molecule has 262 valence electrons. The molecule has 11 rings (SSSR count). The zero-order chi connectivity index (χ0) is 37.0. The molecule has 0 bridgehead atoms. The zero-order valence-corrected chi connectivity index (χ0v) is 31.0. The Kier molecular flexibility index (Phi) is 7.64. The molecule has 0 aliphatic rings. The lowest BCUT2D eigenvalue weighted by atomic mass is 10.00. The Morgan fingerprint density at radius 2 is 0.964 bits per heavy atom. The molecule has 0 N–H and O–H groups in total. The van der Waals surface area contributed by atoms with Crippen LogP contribution in [0.25, 0.3) is 104 Å². The normalized spacial score (nSPS) is 11.6. The Morgan fingerprint density at radius 3 is 1.73 bits per heavy atom. The van der Waals surface area contributed by atoms with Gasteiger partial charge in [0, 0.05) is 48.8 Å². The van der Waals surface area contributed by atoms with E-state index in [9.17, 15) is 0 Å². The van der Waals surface area contributed by atoms with E-state index in [-0.39, 0.29) is 0 Å². The maximum absolute atomic E-state index is 5.34. The van der Waals surface area contributed by atoms with Gasteiger partial charge < -0.3 is 4.57 Å². The number of pyridine rings is 1. The predicted octanol–water partition coefficient (Wildman–Crippen LogP) is 13.7. The number of para-hydroxylation sites is 2. The number of fused-ring (bicyclic) bond motifs is 7. The van der Waals surface area contributed by atoms with Gasteiger partial charge in [0.1, 0.15) is 0 Å². The van der Waals surface area contributed by atoms with E-state index in [0.717, 1.165) is 61.7 Å². The highest BCUT2D eigenvalue weighted by molar-refractivity contribution is 7.27. The summed E-state index contributed by atoms with van der Waals surface area (Å²) in [5.74, 6) is 0.706. The van der Waals surface area contributed by atoms with Crippen LogP contribution in [0.4, 0.5) is 0 Å². The minimum atomic E-state index is 0.706. The largest absolute Gasteiger partial charge is 0.308 e. The quantitative estimate of drug-likeness (QED) is 0.171. The molecule has 0 fully saturated rings. The van der Waals surface area contributed by atoms with Crippen molar-refractivity contribution in [2.45, 2.75) is 0 Å². The van der Waals surface area contributed by atoms with Gasteiger partial charge in [0.2, 0.25) is 0 Å². The molecule has 4 aromatic heterocycles. The minimum Gasteiger partial charge on any atom is -0.308 e. The van der Waals surface area contributed by atoms with Crippen molar-refractivity contribution >= 4 is 53.4 Å². The fourth-order valence-corrected chi connectivity index (χ4v) is 9.33. The number of nitrogens with zero attached hydrogens (tertiary/aromatic N) is 4. The molecule has 7 aromatic carbocycles. The third-order valence-corrected chi connectivity index (χ3v) is 11.8. The van der Waals surface area contributed by atoms with Gasteiger partial charge in [-0.2, -0.15) is 0 Å². The van der Waals surface area contributed by atoms with Crippen molar-refractivity contribution in [1.29, 1.82) is 0 Å². The number of rotatable bonds is 6. The summed E-state index contributed by atoms with van der Waals surface area (Å²) in [7, 11) is 0. The van der Waals surface area contributed by atoms with E-state index in [1.54, 1.807) is 0 Å². The van der Waals surface area contributed by atoms with Crippen molar-refractivity contribution in [2.75, 3.05) is 0 Å². The molecular weight excluding hydrogens is 701 g/mol. The molecule has 0 spiro atoms. The van der Waals surface area contributed by atoms with Crippen LogP contribution in [0.15, 0.2) is 194 Å². The highest BCUT2D eigenvalue weighted by Crippen LogP contribution is 2.47. The van der Waals surface area contributed by atoms with Crippen molar-refractivity contribution in [2.24, 2.45) is 0 Å². The van der Waals surface area contributed by atoms with Crippen LogP contribution in [0.2, 0.25) is 0 Å². The topological polar surface area (TPSA) is 43.6 Å². The Balaban J connectivity index is 1.10. The van der Waals surface area contributed by atoms with Gasteiger partial charge in [0.05, 0.1) is 38.3 Å². The maximum atomic E-state index is 5.34. The first-order chi connectivity index (χ1) is 27.8. The van der Waals surface area contributed by atoms with E-state index >= 15 is 0 Å². The summed E-state index contributed by atoms with van der Waals surface area (Å²) in [6.45, 7) is 0. The molecule has 0 aliphatic heterocycles. The molecule has 0 unspecified atom stereocenters. The summed E-state index contributed by atoms with van der Waals surface area (Å²) in [5.41, 5.74) is 13.7. The van der Waals surface area contributed by atoms with Gasteiger partial charge in [0.25, 0.3) is 0 Å². The zero-order valence-electron chi connectivity index (χ0n) is 30.2. The van der Waals surface area contributed by atoms with Gasteiger partial charge in [-0.05, 0) is 47.5 Å². The third-order valence-electron chi connectivity index (χ3n) is 10.6. The van der Waals surface area contributed by atoms with Crippen LogP contribution in [0, 0.1) is 0 Å². The lowest BCUT2D eigenvalue weighted by Crippen LogP contribution is -1.96. The average Bonchev–Trinajstić information content (AvgIpc) is 3.82. The summed E-state index contributed by atoms with van der Waals surface area (Å²) in [5, 5.41) is 3.61. The second kappa shape index (κ2) is 13.3. The lowest BCUT2D eigenvalue weighted by molar-refractivity contribution is 1.18. The number of hydrogen-bond donors (Lipinski definition) is 0. The SMILES string of the molecule is c1ccc(-c2cc(-c3cccc(-c4cccc(-n5c6ccccc6c6sc7c8ccccc8nc(-c8ccccc8)c7c65)c4)c3)nc(-c3ccccc3)n2)cc1. The number of hydrogen-bond acceptors (Lipinski definition) is 4. The standard InChI is InChI=1S/C51H32N4S/c1-4-16-33(17-5-1)43-32-44(54-51(53-43)35-20-8-3-9-21-35)38-24-14-22-36(30-38)37-23-15-25-39(31-37)55-45-29-13-11-27-41(45)50-48(55)46-47(34-18-6-2-7-19-34)52-42-28-12-10-26-40(42)49(46)56-50/h1-32H. The van der Waals surface area contributed by atoms with E-state index < -0.39 is 0 Å². The molecule has 0 amide bonds. The van der Waals surface area contributed by atoms with E-state index in [2.05, 4.69) is 174 Å². The molecular formula is C51H32N4S. The van der Waals surface area contributed by atoms with E-state index in [1.165, 1.54) is 36.6 Å². The summed E-state index contributed by atoms with van der Waals surface area (Å²) in [6.07, 6.45) is 0. The first-order valence-corrected chi connectivity index (χ1v) is 19.6. The lowest BCUT2D eigenvalue weighted by Gasteiger charge is -2.13. The van der Waals surface area contributed by atoms with E-state index in [0.29, 0.717) is 5.82 Å². The molecule has 0 saturated heterocycles. The third kappa shape index (κ3) is 5.40. The number of aromatic nitrogens is 4. The Morgan fingerprint density at radius 1 is 0.393 bits per heavy atom. The molecule has 0 radical (unpaired) electrons. The van der Waals surface area contributed by atoms with Crippen LogP contribution < -0.4 is 0 Å². The van der Waals surface area contributed by atoms with Crippen molar-refractivity contribution in [3.8, 4) is 62.0 Å². The molecule has 4 heterocycles. The van der Waals surface area contributed by atoms with Crippen LogP contribution in [-0.2, 0) is 0 Å². The first kappa shape index (κ1) is 32.2. The second-order valence-electron chi connectivity index (χ2n) is 14.0. The summed E-state index contributed by atoms with van der Waals surface area (Å²) < 4.78 is 4.98. The van der Waals surface area contributed by atoms with Gasteiger partial charge in [-0.3, -0.25) is 0 Å². The number of benzene rings is 7. The van der Waals surface area contributed by atoms with Gasteiger partial charge >= 0.3 is 0 Å². The van der Waals surface area contributed by atoms with Crippen molar-refractivity contribution in [3.05, 3.63) is 194 Å². The molecule has 0 atom stereocenters. The first-order valence-electron chi connectivity index (χ1n) is 18.8. The highest BCUT2D eigenvalue weighted by Gasteiger charge is 2.23. The van der Waals surface area contributed by atoms with Crippen LogP contribution >= 0.6 is 11.3 Å². The average molecular weight is 733 g/mol. The fourth-order valence-electron chi connectivity index (χ4n) is 7.97. The highest BCUT2D eigenvalue weighted by atomic mass is 32.1. The second-order valence-corrected chi connectivity index (χ2v) is 15.0. The molecule has 11 aromatic rings. The van der Waals surface area contributed by atoms with Crippen LogP contribution in [-0.4, -0.2) is 19.5 Å². The van der Waals surface area contributed by atoms with Crippen LogP contribution in [0.3, 0.4) is 0 Å². The smallest absolute Gasteiger partial charge is 0.160 e. The molecule has 5 heteroatoms. The molecule has 0 aliphatic carbocycles. The van der Waals surface area contributed by atoms with Gasteiger partial charge in [0.15, 0.2) is 5.82 Å². The van der Waals surface area contributed by atoms with Crippen LogP contribution in [0.1, 0.15) is 0 Å². The predicted molar refractivity (Wildman–Crippen MR) is 234 cm³/mol. The fraction of sp³-hybridized carbons (Fsp3) is 0. The molecule has 4 nitrogen and oxygen atoms in total. The van der Waals surface area contributed by atoms with Crippen LogP contribution in [0.5, 0.6) is 0 Å². The van der Waals surface area contributed by atoms with Crippen molar-refractivity contribution in [3.63, 3.8) is 0 Å². The minimum absolute atomic E-state index is 0.706. The Labute approximate surface area is 327 Å². The summed E-state index contributed by atoms with van der Waals surface area (Å²) >= 11 is 1.87.